The molecule has 1 aliphatic heterocycles. The Kier molecular flexibility index (Phi) is 8.85. The van der Waals surface area contributed by atoms with E-state index in [-0.39, 0.29) is 13.2 Å². The number of aliphatic hydroxyl groups is 2. The third-order valence-corrected chi connectivity index (χ3v) is 6.65. The standard InChI is InChI=1S/C25H26Cl2N6O6/c1-36-25-24(38-14-18-11-33(31-29-18)20-8-4-16(27)5-9-20)23(22(35)21(12-34)39-25)37-13-17-10-32(30-28-17)19-6-2-15(26)3-7-19/h2-11,21-25,34-35H,12-14H2,1H3/t21-,22-,23+,24-,25+/m1/s1. The van der Waals surface area contributed by atoms with Crippen LogP contribution in [-0.2, 0) is 32.2 Å². The average Bonchev–Trinajstić information content (AvgIpc) is 3.62. The molecule has 5 rings (SSSR count). The number of nitrogens with zero attached hydrogens (tertiary/aromatic N) is 6. The normalized spacial score (nSPS) is 23.3. The first-order chi connectivity index (χ1) is 18.9. The highest BCUT2D eigenvalue weighted by molar-refractivity contribution is 6.30. The van der Waals surface area contributed by atoms with Gasteiger partial charge >= 0.3 is 0 Å². The lowest BCUT2D eigenvalue weighted by Crippen LogP contribution is -2.60. The highest BCUT2D eigenvalue weighted by atomic mass is 35.5. The monoisotopic (exact) mass is 576 g/mol. The third kappa shape index (κ3) is 6.45. The molecule has 2 aromatic carbocycles. The Morgan fingerprint density at radius 2 is 1.31 bits per heavy atom. The minimum Gasteiger partial charge on any atom is -0.394 e. The number of hydrogen-bond acceptors (Lipinski definition) is 10. The van der Waals surface area contributed by atoms with E-state index in [9.17, 15) is 10.2 Å². The van der Waals surface area contributed by atoms with Gasteiger partial charge in [-0.15, -0.1) is 10.2 Å². The van der Waals surface area contributed by atoms with E-state index < -0.39 is 37.3 Å². The van der Waals surface area contributed by atoms with Crippen LogP contribution in [0.5, 0.6) is 0 Å². The van der Waals surface area contributed by atoms with E-state index in [0.29, 0.717) is 21.4 Å². The number of rotatable bonds is 10. The number of aromatic nitrogens is 6. The molecule has 1 saturated heterocycles. The predicted octanol–water partition coefficient (Wildman–Crippen LogP) is 2.35. The van der Waals surface area contributed by atoms with Gasteiger partial charge in [0.25, 0.3) is 0 Å². The highest BCUT2D eigenvalue weighted by Crippen LogP contribution is 2.28. The van der Waals surface area contributed by atoms with Crippen LogP contribution >= 0.6 is 23.2 Å². The van der Waals surface area contributed by atoms with Crippen molar-refractivity contribution in [3.63, 3.8) is 0 Å². The van der Waals surface area contributed by atoms with Crippen molar-refractivity contribution in [2.24, 2.45) is 0 Å². The average molecular weight is 577 g/mol. The SMILES string of the molecule is CO[C@H]1O[C@H](CO)[C@@H](O)[C@H](OCc2cn(-c3ccc(Cl)cc3)nn2)[C@H]1OCc1cn(-c2ccc(Cl)cc2)nn1. The Morgan fingerprint density at radius 1 is 0.821 bits per heavy atom. The van der Waals surface area contributed by atoms with E-state index in [1.165, 1.54) is 7.11 Å². The summed E-state index contributed by atoms with van der Waals surface area (Å²) >= 11 is 11.9. The van der Waals surface area contributed by atoms with Crippen molar-refractivity contribution in [2.45, 2.75) is 43.9 Å². The van der Waals surface area contributed by atoms with E-state index in [4.69, 9.17) is 42.1 Å². The van der Waals surface area contributed by atoms with Crippen LogP contribution < -0.4 is 0 Å². The quantitative estimate of drug-likeness (QED) is 0.289. The largest absolute Gasteiger partial charge is 0.394 e. The topological polar surface area (TPSA) is 139 Å². The lowest BCUT2D eigenvalue weighted by Gasteiger charge is -2.43. The van der Waals surface area contributed by atoms with Crippen LogP contribution in [-0.4, -0.2) is 84.6 Å². The van der Waals surface area contributed by atoms with Crippen molar-refractivity contribution in [1.82, 2.24) is 30.0 Å². The Hall–Kier alpha value is -2.94. The van der Waals surface area contributed by atoms with Gasteiger partial charge in [-0.1, -0.05) is 33.6 Å². The van der Waals surface area contributed by atoms with Crippen molar-refractivity contribution in [3.8, 4) is 11.4 Å². The number of ether oxygens (including phenoxy) is 4. The molecule has 0 saturated carbocycles. The van der Waals surface area contributed by atoms with Crippen molar-refractivity contribution in [1.29, 1.82) is 0 Å². The van der Waals surface area contributed by atoms with Crippen LogP contribution in [0, 0.1) is 0 Å². The molecule has 12 nitrogen and oxygen atoms in total. The van der Waals surface area contributed by atoms with Crippen molar-refractivity contribution < 1.29 is 29.2 Å². The molecule has 0 aliphatic carbocycles. The Morgan fingerprint density at radius 3 is 1.77 bits per heavy atom. The summed E-state index contributed by atoms with van der Waals surface area (Å²) in [6, 6.07) is 14.3. The first-order valence-corrected chi connectivity index (χ1v) is 12.8. The zero-order chi connectivity index (χ0) is 27.4. The molecule has 206 valence electrons. The molecule has 39 heavy (non-hydrogen) atoms. The van der Waals surface area contributed by atoms with E-state index in [2.05, 4.69) is 20.6 Å². The van der Waals surface area contributed by atoms with Crippen molar-refractivity contribution >= 4 is 23.2 Å². The first kappa shape index (κ1) is 27.6. The first-order valence-electron chi connectivity index (χ1n) is 12.0. The summed E-state index contributed by atoms with van der Waals surface area (Å²) < 4.78 is 26.5. The van der Waals surface area contributed by atoms with Crippen LogP contribution in [0.1, 0.15) is 11.4 Å². The fraction of sp³-hybridized carbons (Fsp3) is 0.360. The summed E-state index contributed by atoms with van der Waals surface area (Å²) in [6.45, 7) is -0.392. The zero-order valence-electron chi connectivity index (χ0n) is 20.7. The number of aliphatic hydroxyl groups excluding tert-OH is 2. The molecule has 0 bridgehead atoms. The van der Waals surface area contributed by atoms with Crippen LogP contribution in [0.2, 0.25) is 10.0 Å². The molecule has 4 aromatic rings. The van der Waals surface area contributed by atoms with Crippen molar-refractivity contribution in [3.05, 3.63) is 82.4 Å². The molecule has 1 fully saturated rings. The highest BCUT2D eigenvalue weighted by Gasteiger charge is 2.47. The van der Waals surface area contributed by atoms with Gasteiger partial charge in [0, 0.05) is 17.2 Å². The molecular weight excluding hydrogens is 551 g/mol. The van der Waals surface area contributed by atoms with Gasteiger partial charge in [-0.25, -0.2) is 9.36 Å². The van der Waals surface area contributed by atoms with Gasteiger partial charge in [-0.3, -0.25) is 0 Å². The summed E-state index contributed by atoms with van der Waals surface area (Å²) in [6.07, 6.45) is -1.43. The molecule has 0 amide bonds. The van der Waals surface area contributed by atoms with Gasteiger partial charge in [-0.2, -0.15) is 0 Å². The second kappa shape index (κ2) is 12.5. The summed E-state index contributed by atoms with van der Waals surface area (Å²) in [7, 11) is 1.44. The van der Waals surface area contributed by atoms with E-state index >= 15 is 0 Å². The summed E-state index contributed by atoms with van der Waals surface area (Å²) in [5.74, 6) is 0. The summed E-state index contributed by atoms with van der Waals surface area (Å²) in [5.41, 5.74) is 2.60. The van der Waals surface area contributed by atoms with Gasteiger partial charge in [-0.05, 0) is 48.5 Å². The number of hydrogen-bond donors (Lipinski definition) is 2. The number of benzene rings is 2. The summed E-state index contributed by atoms with van der Waals surface area (Å²) in [5, 5.41) is 38.5. The maximum atomic E-state index is 10.9. The molecular formula is C25H26Cl2N6O6. The van der Waals surface area contributed by atoms with Gasteiger partial charge in [0.1, 0.15) is 35.8 Å². The molecule has 14 heteroatoms. The van der Waals surface area contributed by atoms with Crippen molar-refractivity contribution in [2.75, 3.05) is 13.7 Å². The van der Waals surface area contributed by atoms with Gasteiger partial charge in [0.05, 0.1) is 43.6 Å². The smallest absolute Gasteiger partial charge is 0.186 e. The number of methoxy groups -OCH3 is 1. The van der Waals surface area contributed by atoms with Gasteiger partial charge < -0.3 is 29.2 Å². The fourth-order valence-corrected chi connectivity index (χ4v) is 4.38. The third-order valence-electron chi connectivity index (χ3n) is 6.14. The van der Waals surface area contributed by atoms with E-state index in [0.717, 1.165) is 11.4 Å². The minimum absolute atomic E-state index is 0.0104. The van der Waals surface area contributed by atoms with Crippen LogP contribution in [0.4, 0.5) is 0 Å². The Bertz CT molecular complexity index is 1350. The Balaban J connectivity index is 1.28. The van der Waals surface area contributed by atoms with Gasteiger partial charge in [0.2, 0.25) is 0 Å². The molecule has 5 atom stereocenters. The predicted molar refractivity (Wildman–Crippen MR) is 139 cm³/mol. The number of halogens is 2. The van der Waals surface area contributed by atoms with Gasteiger partial charge in [0.15, 0.2) is 6.29 Å². The Labute approximate surface area is 233 Å². The van der Waals surface area contributed by atoms with Crippen LogP contribution in [0.25, 0.3) is 11.4 Å². The molecule has 1 aliphatic rings. The summed E-state index contributed by atoms with van der Waals surface area (Å²) in [4.78, 5) is 0. The molecule has 0 spiro atoms. The van der Waals surface area contributed by atoms with E-state index in [1.54, 1.807) is 46.0 Å². The lowest BCUT2D eigenvalue weighted by molar-refractivity contribution is -0.314. The molecule has 2 aromatic heterocycles. The molecule has 0 unspecified atom stereocenters. The second-order valence-electron chi connectivity index (χ2n) is 8.76. The zero-order valence-corrected chi connectivity index (χ0v) is 22.3. The maximum absolute atomic E-state index is 10.9. The molecule has 3 heterocycles. The lowest BCUT2D eigenvalue weighted by atomic mass is 9.98. The van der Waals surface area contributed by atoms with Crippen LogP contribution in [0.15, 0.2) is 60.9 Å². The fourth-order valence-electron chi connectivity index (χ4n) is 4.13. The molecule has 2 N–H and O–H groups in total. The van der Waals surface area contributed by atoms with Crippen LogP contribution in [0.3, 0.4) is 0 Å². The maximum Gasteiger partial charge on any atom is 0.186 e. The van der Waals surface area contributed by atoms with E-state index in [1.807, 2.05) is 24.3 Å². The second-order valence-corrected chi connectivity index (χ2v) is 9.64. The minimum atomic E-state index is -1.21. The molecule has 0 radical (unpaired) electrons.